The van der Waals surface area contributed by atoms with Crippen molar-refractivity contribution in [1.82, 2.24) is 20.0 Å². The van der Waals surface area contributed by atoms with E-state index in [1.54, 1.807) is 0 Å². The number of piperazine rings is 1. The number of halogens is 1. The molecule has 2 saturated heterocycles. The first-order valence-electron chi connectivity index (χ1n) is 12.3. The number of aryl methyl sites for hydroxylation is 2. The molecule has 182 valence electrons. The second kappa shape index (κ2) is 14.4. The lowest BCUT2D eigenvalue weighted by Crippen LogP contribution is -2.48. The van der Waals surface area contributed by atoms with Gasteiger partial charge in [0.25, 0.3) is 0 Å². The molecule has 3 rings (SSSR count). The summed E-state index contributed by atoms with van der Waals surface area (Å²) >= 11 is 0. The Bertz CT molecular complexity index is 706. The molecule has 0 radical (unpaired) electrons. The van der Waals surface area contributed by atoms with Gasteiger partial charge in [0.2, 0.25) is 0 Å². The predicted molar refractivity (Wildman–Crippen MR) is 145 cm³/mol. The monoisotopic (exact) mass is 557 g/mol. The Kier molecular flexibility index (Phi) is 12.3. The zero-order valence-corrected chi connectivity index (χ0v) is 22.9. The molecule has 0 saturated carbocycles. The lowest BCUT2D eigenvalue weighted by molar-refractivity contribution is -0.00833. The molecular weight excluding hydrogens is 513 g/mol. The first kappa shape index (κ1) is 27.3. The third-order valence-electron chi connectivity index (χ3n) is 6.53. The van der Waals surface area contributed by atoms with Crippen molar-refractivity contribution in [1.29, 1.82) is 0 Å². The number of hydrogen-bond acceptors (Lipinski definition) is 4. The molecular formula is C25H44IN5O. The van der Waals surface area contributed by atoms with E-state index in [-0.39, 0.29) is 30.1 Å². The SMILES string of the molecule is CCNC(=NCCCCN1CCN(CC)CC1)N1CCOC(c2ccc(C)cc2C)C1.I. The maximum atomic E-state index is 6.14. The van der Waals surface area contributed by atoms with Crippen LogP contribution in [0, 0.1) is 13.8 Å². The summed E-state index contributed by atoms with van der Waals surface area (Å²) in [7, 11) is 0. The molecule has 2 aliphatic rings. The van der Waals surface area contributed by atoms with Crippen molar-refractivity contribution >= 4 is 29.9 Å². The zero-order chi connectivity index (χ0) is 22.1. The summed E-state index contributed by atoms with van der Waals surface area (Å²) in [4.78, 5) is 12.5. The number of unbranched alkanes of at least 4 members (excludes halogenated alkanes) is 1. The van der Waals surface area contributed by atoms with Gasteiger partial charge in [-0.3, -0.25) is 4.99 Å². The molecule has 0 aromatic heterocycles. The van der Waals surface area contributed by atoms with E-state index in [1.807, 2.05) is 0 Å². The fourth-order valence-electron chi connectivity index (χ4n) is 4.60. The number of nitrogens with one attached hydrogen (secondary N) is 1. The van der Waals surface area contributed by atoms with E-state index in [2.05, 4.69) is 65.9 Å². The second-order valence-electron chi connectivity index (χ2n) is 8.88. The van der Waals surface area contributed by atoms with Crippen LogP contribution >= 0.6 is 24.0 Å². The largest absolute Gasteiger partial charge is 0.370 e. The van der Waals surface area contributed by atoms with E-state index < -0.39 is 0 Å². The number of rotatable bonds is 8. The fourth-order valence-corrected chi connectivity index (χ4v) is 4.60. The molecule has 32 heavy (non-hydrogen) atoms. The Labute approximate surface area is 212 Å². The molecule has 2 fully saturated rings. The lowest BCUT2D eigenvalue weighted by atomic mass is 10.00. The Morgan fingerprint density at radius 2 is 1.81 bits per heavy atom. The van der Waals surface area contributed by atoms with Gasteiger partial charge in [0.1, 0.15) is 6.10 Å². The first-order valence-corrected chi connectivity index (χ1v) is 12.3. The Balaban J connectivity index is 0.00000363. The molecule has 6 nitrogen and oxygen atoms in total. The first-order chi connectivity index (χ1) is 15.1. The summed E-state index contributed by atoms with van der Waals surface area (Å²) in [5.41, 5.74) is 3.92. The van der Waals surface area contributed by atoms with Crippen LogP contribution in [0.2, 0.25) is 0 Å². The Morgan fingerprint density at radius 3 is 2.50 bits per heavy atom. The van der Waals surface area contributed by atoms with Gasteiger partial charge in [-0.1, -0.05) is 30.7 Å². The van der Waals surface area contributed by atoms with E-state index in [4.69, 9.17) is 9.73 Å². The minimum absolute atomic E-state index is 0. The zero-order valence-electron chi connectivity index (χ0n) is 20.6. The Morgan fingerprint density at radius 1 is 1.06 bits per heavy atom. The van der Waals surface area contributed by atoms with Gasteiger partial charge >= 0.3 is 0 Å². The van der Waals surface area contributed by atoms with Crippen molar-refractivity contribution in [3.63, 3.8) is 0 Å². The summed E-state index contributed by atoms with van der Waals surface area (Å²) in [6, 6.07) is 6.66. The van der Waals surface area contributed by atoms with Crippen LogP contribution in [0.15, 0.2) is 23.2 Å². The van der Waals surface area contributed by atoms with Crippen LogP contribution < -0.4 is 5.32 Å². The van der Waals surface area contributed by atoms with Gasteiger partial charge in [0.05, 0.1) is 13.2 Å². The van der Waals surface area contributed by atoms with Crippen molar-refractivity contribution in [2.75, 3.05) is 72.1 Å². The smallest absolute Gasteiger partial charge is 0.194 e. The summed E-state index contributed by atoms with van der Waals surface area (Å²) in [5.74, 6) is 1.04. The van der Waals surface area contributed by atoms with Gasteiger partial charge in [-0.25, -0.2) is 0 Å². The summed E-state index contributed by atoms with van der Waals surface area (Å²) in [6.45, 7) is 20.3. The maximum Gasteiger partial charge on any atom is 0.194 e. The molecule has 0 spiro atoms. The third-order valence-corrected chi connectivity index (χ3v) is 6.53. The highest BCUT2D eigenvalue weighted by Crippen LogP contribution is 2.26. The van der Waals surface area contributed by atoms with Crippen molar-refractivity contribution in [2.45, 2.75) is 46.6 Å². The van der Waals surface area contributed by atoms with Crippen molar-refractivity contribution in [2.24, 2.45) is 4.99 Å². The third kappa shape index (κ3) is 8.15. The molecule has 1 N–H and O–H groups in total. The minimum atomic E-state index is 0. The molecule has 0 amide bonds. The molecule has 7 heteroatoms. The highest BCUT2D eigenvalue weighted by molar-refractivity contribution is 14.0. The van der Waals surface area contributed by atoms with Crippen LogP contribution in [0.5, 0.6) is 0 Å². The van der Waals surface area contributed by atoms with Gasteiger partial charge in [-0.15, -0.1) is 24.0 Å². The number of benzene rings is 1. The number of guanidine groups is 1. The number of morpholine rings is 1. The highest BCUT2D eigenvalue weighted by Gasteiger charge is 2.25. The van der Waals surface area contributed by atoms with Gasteiger partial charge in [-0.05, 0) is 57.8 Å². The minimum Gasteiger partial charge on any atom is -0.370 e. The molecule has 2 aliphatic heterocycles. The van der Waals surface area contributed by atoms with Crippen molar-refractivity contribution in [3.05, 3.63) is 34.9 Å². The molecule has 1 aromatic carbocycles. The van der Waals surface area contributed by atoms with Crippen LogP contribution in [-0.2, 0) is 4.74 Å². The van der Waals surface area contributed by atoms with Gasteiger partial charge in [0.15, 0.2) is 5.96 Å². The van der Waals surface area contributed by atoms with Crippen LogP contribution in [0.4, 0.5) is 0 Å². The van der Waals surface area contributed by atoms with Crippen LogP contribution in [0.3, 0.4) is 0 Å². The lowest BCUT2D eigenvalue weighted by Gasteiger charge is -2.36. The standard InChI is InChI=1S/C25H43N5O.HI/c1-5-26-25(27-11-7-8-12-29-15-13-28(6-2)14-16-29)30-17-18-31-24(20-30)23-10-9-21(3)19-22(23)4;/h9-10,19,24H,5-8,11-18,20H2,1-4H3,(H,26,27);1H. The average molecular weight is 558 g/mol. The normalized spacial score (nSPS) is 20.8. The highest BCUT2D eigenvalue weighted by atomic mass is 127. The predicted octanol–water partition coefficient (Wildman–Crippen LogP) is 3.68. The van der Waals surface area contributed by atoms with E-state index >= 15 is 0 Å². The summed E-state index contributed by atoms with van der Waals surface area (Å²) < 4.78 is 6.14. The van der Waals surface area contributed by atoms with E-state index in [0.717, 1.165) is 45.2 Å². The molecule has 1 atom stereocenters. The van der Waals surface area contributed by atoms with E-state index in [0.29, 0.717) is 0 Å². The summed E-state index contributed by atoms with van der Waals surface area (Å²) in [5, 5.41) is 3.50. The van der Waals surface area contributed by atoms with Gasteiger partial charge in [0, 0.05) is 45.8 Å². The van der Waals surface area contributed by atoms with Crippen LogP contribution in [0.25, 0.3) is 0 Å². The number of aliphatic imine (C=N–C) groups is 1. The van der Waals surface area contributed by atoms with Crippen LogP contribution in [0.1, 0.15) is 49.5 Å². The number of ether oxygens (including phenoxy) is 1. The molecule has 1 aromatic rings. The number of nitrogens with zero attached hydrogens (tertiary/aromatic N) is 4. The quantitative estimate of drug-likeness (QED) is 0.229. The maximum absolute atomic E-state index is 6.14. The van der Waals surface area contributed by atoms with Crippen LogP contribution in [-0.4, -0.2) is 92.7 Å². The van der Waals surface area contributed by atoms with Gasteiger partial charge in [-0.2, -0.15) is 0 Å². The fraction of sp³-hybridized carbons (Fsp3) is 0.720. The topological polar surface area (TPSA) is 43.3 Å². The molecule has 0 aliphatic carbocycles. The molecule has 2 heterocycles. The molecule has 1 unspecified atom stereocenters. The number of hydrogen-bond donors (Lipinski definition) is 1. The summed E-state index contributed by atoms with van der Waals surface area (Å²) in [6.07, 6.45) is 2.48. The van der Waals surface area contributed by atoms with E-state index in [9.17, 15) is 0 Å². The Hall–Kier alpha value is -0.900. The van der Waals surface area contributed by atoms with E-state index in [1.165, 1.54) is 62.4 Å². The average Bonchev–Trinajstić information content (AvgIpc) is 2.78. The van der Waals surface area contributed by atoms with Gasteiger partial charge < -0.3 is 24.8 Å². The van der Waals surface area contributed by atoms with Crippen molar-refractivity contribution < 1.29 is 4.74 Å². The molecule has 0 bridgehead atoms. The van der Waals surface area contributed by atoms with Crippen molar-refractivity contribution in [3.8, 4) is 0 Å². The number of likely N-dealkylation sites (N-methyl/N-ethyl adjacent to an activating group) is 1. The second-order valence-corrected chi connectivity index (χ2v) is 8.88.